The zero-order chi connectivity index (χ0) is 12.1. The molecule has 0 bridgehead atoms. The van der Waals surface area contributed by atoms with Crippen LogP contribution >= 0.6 is 0 Å². The first kappa shape index (κ1) is 11.7. The van der Waals surface area contributed by atoms with Gasteiger partial charge in [-0.05, 0) is 19.4 Å². The zero-order valence-corrected chi connectivity index (χ0v) is 9.98. The van der Waals surface area contributed by atoms with Crippen molar-refractivity contribution in [2.45, 2.75) is 19.3 Å². The van der Waals surface area contributed by atoms with E-state index in [4.69, 9.17) is 4.74 Å². The maximum Gasteiger partial charge on any atom is 0.231 e. The molecule has 1 aromatic rings. The van der Waals surface area contributed by atoms with Crippen molar-refractivity contribution in [1.82, 2.24) is 5.32 Å². The molecule has 1 amide bonds. The predicted octanol–water partition coefficient (Wildman–Crippen LogP) is 2.25. The van der Waals surface area contributed by atoms with Gasteiger partial charge in [-0.1, -0.05) is 30.4 Å². The maximum absolute atomic E-state index is 12.0. The third-order valence-electron chi connectivity index (χ3n) is 2.86. The van der Waals surface area contributed by atoms with E-state index >= 15 is 0 Å². The second-order valence-corrected chi connectivity index (χ2v) is 4.05. The highest BCUT2D eigenvalue weighted by atomic mass is 16.5. The molecule has 1 heterocycles. The second kappa shape index (κ2) is 5.53. The molecule has 1 aromatic carbocycles. The highest BCUT2D eigenvalue weighted by Crippen LogP contribution is 2.33. The van der Waals surface area contributed by atoms with Gasteiger partial charge < -0.3 is 10.1 Å². The summed E-state index contributed by atoms with van der Waals surface area (Å²) in [4.78, 5) is 12.0. The maximum atomic E-state index is 12.0. The van der Waals surface area contributed by atoms with Crippen molar-refractivity contribution in [3.8, 4) is 5.75 Å². The number of amides is 1. The fourth-order valence-electron chi connectivity index (χ4n) is 1.95. The number of para-hydroxylation sites is 1. The minimum absolute atomic E-state index is 0.0550. The van der Waals surface area contributed by atoms with Crippen molar-refractivity contribution in [1.29, 1.82) is 0 Å². The fraction of sp³-hybridized carbons (Fsp3) is 0.357. The molecule has 1 N–H and O–H groups in total. The van der Waals surface area contributed by atoms with Crippen LogP contribution in [0.4, 0.5) is 0 Å². The average Bonchev–Trinajstić information content (AvgIpc) is 2.78. The first-order chi connectivity index (χ1) is 8.33. The third kappa shape index (κ3) is 2.67. The number of ether oxygens (including phenoxy) is 1. The van der Waals surface area contributed by atoms with Crippen molar-refractivity contribution >= 4 is 5.91 Å². The molecule has 2 rings (SSSR count). The summed E-state index contributed by atoms with van der Waals surface area (Å²) in [6.45, 7) is 3.11. The number of carbonyl (C=O) groups is 1. The Kier molecular flexibility index (Phi) is 3.81. The number of hydrogen-bond acceptors (Lipinski definition) is 2. The molecule has 0 radical (unpaired) electrons. The van der Waals surface area contributed by atoms with Crippen LogP contribution in [-0.2, 0) is 4.79 Å². The Morgan fingerprint density at radius 2 is 2.35 bits per heavy atom. The summed E-state index contributed by atoms with van der Waals surface area (Å²) in [5.41, 5.74) is 0.996. The molecule has 1 atom stereocenters. The van der Waals surface area contributed by atoms with Gasteiger partial charge in [-0.3, -0.25) is 4.79 Å². The summed E-state index contributed by atoms with van der Waals surface area (Å²) in [5.74, 6) is 0.734. The highest BCUT2D eigenvalue weighted by molar-refractivity contribution is 5.85. The van der Waals surface area contributed by atoms with E-state index in [0.29, 0.717) is 13.2 Å². The fourth-order valence-corrected chi connectivity index (χ4v) is 1.95. The van der Waals surface area contributed by atoms with Crippen molar-refractivity contribution in [2.24, 2.45) is 0 Å². The van der Waals surface area contributed by atoms with E-state index in [2.05, 4.69) is 5.32 Å². The summed E-state index contributed by atoms with van der Waals surface area (Å²) in [5, 5.41) is 2.93. The first-order valence-electron chi connectivity index (χ1n) is 5.93. The molecule has 0 spiro atoms. The van der Waals surface area contributed by atoms with Crippen LogP contribution in [0.1, 0.15) is 24.8 Å². The quantitative estimate of drug-likeness (QED) is 0.637. The van der Waals surface area contributed by atoms with Crippen molar-refractivity contribution in [3.63, 3.8) is 0 Å². The molecule has 0 fully saturated rings. The number of hydrogen-bond donors (Lipinski definition) is 1. The first-order valence-corrected chi connectivity index (χ1v) is 5.93. The molecule has 1 aliphatic rings. The normalized spacial score (nSPS) is 17.8. The molecule has 0 aromatic heterocycles. The highest BCUT2D eigenvalue weighted by Gasteiger charge is 2.29. The van der Waals surface area contributed by atoms with Gasteiger partial charge >= 0.3 is 0 Å². The van der Waals surface area contributed by atoms with E-state index in [1.807, 2.05) is 43.3 Å². The van der Waals surface area contributed by atoms with Crippen LogP contribution in [-0.4, -0.2) is 19.1 Å². The van der Waals surface area contributed by atoms with Crippen LogP contribution < -0.4 is 10.1 Å². The van der Waals surface area contributed by atoms with Gasteiger partial charge in [0, 0.05) is 12.1 Å². The Balaban J connectivity index is 1.93. The molecule has 1 aliphatic heterocycles. The molecule has 3 nitrogen and oxygen atoms in total. The van der Waals surface area contributed by atoms with Gasteiger partial charge in [-0.15, -0.1) is 0 Å². The number of carbonyl (C=O) groups excluding carboxylic acids is 1. The Bertz CT molecular complexity index is 426. The van der Waals surface area contributed by atoms with Crippen LogP contribution in [0.5, 0.6) is 5.75 Å². The van der Waals surface area contributed by atoms with Gasteiger partial charge in [0.2, 0.25) is 5.91 Å². The Morgan fingerprint density at radius 1 is 1.53 bits per heavy atom. The van der Waals surface area contributed by atoms with Crippen LogP contribution in [0.3, 0.4) is 0 Å². The molecule has 90 valence electrons. The standard InChI is InChI=1S/C14H17NO2/c1-2-3-6-9-15-14(16)12-10-17-13-8-5-4-7-11(12)13/h2-5,7-8,12H,6,9-10H2,1H3,(H,15,16)/b3-2+. The van der Waals surface area contributed by atoms with Gasteiger partial charge in [0.1, 0.15) is 18.3 Å². The van der Waals surface area contributed by atoms with E-state index in [1.165, 1.54) is 0 Å². The molecular formula is C14H17NO2. The number of allylic oxidation sites excluding steroid dienone is 1. The molecule has 0 saturated carbocycles. The van der Waals surface area contributed by atoms with E-state index in [1.54, 1.807) is 0 Å². The molecule has 1 unspecified atom stereocenters. The topological polar surface area (TPSA) is 38.3 Å². The summed E-state index contributed by atoms with van der Waals surface area (Å²) >= 11 is 0. The smallest absolute Gasteiger partial charge is 0.231 e. The van der Waals surface area contributed by atoms with Gasteiger partial charge in [0.05, 0.1) is 0 Å². The monoisotopic (exact) mass is 231 g/mol. The van der Waals surface area contributed by atoms with Crippen LogP contribution in [0.25, 0.3) is 0 Å². The van der Waals surface area contributed by atoms with Gasteiger partial charge in [-0.25, -0.2) is 0 Å². The Hall–Kier alpha value is -1.77. The lowest BCUT2D eigenvalue weighted by molar-refractivity contribution is -0.122. The van der Waals surface area contributed by atoms with Crippen LogP contribution in [0.2, 0.25) is 0 Å². The van der Waals surface area contributed by atoms with E-state index in [0.717, 1.165) is 17.7 Å². The number of nitrogens with one attached hydrogen (secondary N) is 1. The van der Waals surface area contributed by atoms with E-state index < -0.39 is 0 Å². The van der Waals surface area contributed by atoms with Crippen molar-refractivity contribution in [3.05, 3.63) is 42.0 Å². The molecule has 0 saturated heterocycles. The SMILES string of the molecule is C/C=C/CCNC(=O)C1COc2ccccc21. The van der Waals surface area contributed by atoms with Crippen molar-refractivity contribution < 1.29 is 9.53 Å². The minimum atomic E-state index is -0.156. The predicted molar refractivity (Wildman–Crippen MR) is 67.1 cm³/mol. The van der Waals surface area contributed by atoms with Crippen LogP contribution in [0, 0.1) is 0 Å². The number of fused-ring (bicyclic) bond motifs is 1. The summed E-state index contributed by atoms with van der Waals surface area (Å²) < 4.78 is 5.48. The number of benzene rings is 1. The van der Waals surface area contributed by atoms with Gasteiger partial charge in [0.25, 0.3) is 0 Å². The summed E-state index contributed by atoms with van der Waals surface area (Å²) in [7, 11) is 0. The Labute approximate surface area is 101 Å². The van der Waals surface area contributed by atoms with Crippen molar-refractivity contribution in [2.75, 3.05) is 13.2 Å². The van der Waals surface area contributed by atoms with Gasteiger partial charge in [0.15, 0.2) is 0 Å². The second-order valence-electron chi connectivity index (χ2n) is 4.05. The van der Waals surface area contributed by atoms with Gasteiger partial charge in [-0.2, -0.15) is 0 Å². The zero-order valence-electron chi connectivity index (χ0n) is 9.98. The molecule has 3 heteroatoms. The lowest BCUT2D eigenvalue weighted by Crippen LogP contribution is -2.30. The van der Waals surface area contributed by atoms with Crippen LogP contribution in [0.15, 0.2) is 36.4 Å². The van der Waals surface area contributed by atoms with E-state index in [-0.39, 0.29) is 11.8 Å². The Morgan fingerprint density at radius 3 is 3.18 bits per heavy atom. The minimum Gasteiger partial charge on any atom is -0.492 e. The summed E-state index contributed by atoms with van der Waals surface area (Å²) in [6.07, 6.45) is 4.90. The molecular weight excluding hydrogens is 214 g/mol. The summed E-state index contributed by atoms with van der Waals surface area (Å²) in [6, 6.07) is 7.72. The third-order valence-corrected chi connectivity index (χ3v) is 2.86. The lowest BCUT2D eigenvalue weighted by Gasteiger charge is -2.09. The molecule has 0 aliphatic carbocycles. The number of rotatable bonds is 4. The largest absolute Gasteiger partial charge is 0.492 e. The average molecular weight is 231 g/mol. The lowest BCUT2D eigenvalue weighted by atomic mass is 10.0. The molecule has 17 heavy (non-hydrogen) atoms. The van der Waals surface area contributed by atoms with E-state index in [9.17, 15) is 4.79 Å².